The highest BCUT2D eigenvalue weighted by molar-refractivity contribution is 6.00. The molecule has 6 heteroatoms. The van der Waals surface area contributed by atoms with E-state index in [1.165, 1.54) is 25.7 Å². The van der Waals surface area contributed by atoms with Gasteiger partial charge in [0.25, 0.3) is 0 Å². The number of benzene rings is 1. The highest BCUT2D eigenvalue weighted by Gasteiger charge is 2.40. The maximum absolute atomic E-state index is 12.6. The number of nitrogens with zero attached hydrogens (tertiary/aromatic N) is 1. The largest absolute Gasteiger partial charge is 0.486 e. The SMILES string of the molecule is O=C(NCC1CC2CCC1C2)C1CC(=O)N(c2ccc3c(c2)OCCO3)C1. The first-order valence-electron chi connectivity index (χ1n) is 10.1. The summed E-state index contributed by atoms with van der Waals surface area (Å²) < 4.78 is 11.1. The van der Waals surface area contributed by atoms with Gasteiger partial charge in [-0.15, -0.1) is 0 Å². The Morgan fingerprint density at radius 1 is 1.15 bits per heavy atom. The number of hydrogen-bond acceptors (Lipinski definition) is 4. The van der Waals surface area contributed by atoms with E-state index < -0.39 is 0 Å². The first kappa shape index (κ1) is 16.9. The molecule has 0 aromatic heterocycles. The zero-order valence-electron chi connectivity index (χ0n) is 15.5. The minimum atomic E-state index is -0.274. The molecule has 1 saturated heterocycles. The summed E-state index contributed by atoms with van der Waals surface area (Å²) >= 11 is 0. The van der Waals surface area contributed by atoms with Crippen molar-refractivity contribution in [3.63, 3.8) is 0 Å². The van der Waals surface area contributed by atoms with Gasteiger partial charge in [-0.3, -0.25) is 9.59 Å². The van der Waals surface area contributed by atoms with Crippen molar-refractivity contribution < 1.29 is 19.1 Å². The minimum Gasteiger partial charge on any atom is -0.486 e. The maximum atomic E-state index is 12.6. The monoisotopic (exact) mass is 370 g/mol. The second kappa shape index (κ2) is 6.73. The number of fused-ring (bicyclic) bond motifs is 3. The molecule has 2 amide bonds. The van der Waals surface area contributed by atoms with Crippen LogP contribution in [-0.4, -0.2) is 38.1 Å². The standard InChI is InChI=1S/C21H26N2O4/c24-20-9-16(21(25)22-11-15-8-13-1-2-14(15)7-13)12-23(20)17-3-4-18-19(10-17)27-6-5-26-18/h3-4,10,13-16H,1-2,5-9,11-12H2,(H,22,25). The summed E-state index contributed by atoms with van der Waals surface area (Å²) in [6.45, 7) is 2.26. The maximum Gasteiger partial charge on any atom is 0.227 e. The molecule has 5 rings (SSSR count). The topological polar surface area (TPSA) is 67.9 Å². The zero-order chi connectivity index (χ0) is 18.4. The lowest BCUT2D eigenvalue weighted by Gasteiger charge is -2.23. The predicted molar refractivity (Wildman–Crippen MR) is 99.8 cm³/mol. The summed E-state index contributed by atoms with van der Waals surface area (Å²) in [5.74, 6) is 3.43. The number of hydrogen-bond donors (Lipinski definition) is 1. The van der Waals surface area contributed by atoms with E-state index in [4.69, 9.17) is 9.47 Å². The van der Waals surface area contributed by atoms with E-state index in [9.17, 15) is 9.59 Å². The van der Waals surface area contributed by atoms with Crippen LogP contribution >= 0.6 is 0 Å². The van der Waals surface area contributed by atoms with E-state index in [0.717, 1.165) is 24.1 Å². The van der Waals surface area contributed by atoms with Gasteiger partial charge in [-0.05, 0) is 49.1 Å². The van der Waals surface area contributed by atoms with E-state index in [2.05, 4.69) is 5.32 Å². The van der Waals surface area contributed by atoms with Crippen molar-refractivity contribution in [3.8, 4) is 11.5 Å². The lowest BCUT2D eigenvalue weighted by Crippen LogP contribution is -2.37. The van der Waals surface area contributed by atoms with Gasteiger partial charge in [0.2, 0.25) is 11.8 Å². The van der Waals surface area contributed by atoms with Gasteiger partial charge in [-0.2, -0.15) is 0 Å². The Hall–Kier alpha value is -2.24. The smallest absolute Gasteiger partial charge is 0.227 e. The van der Waals surface area contributed by atoms with Crippen molar-refractivity contribution >= 4 is 17.5 Å². The fourth-order valence-electron chi connectivity index (χ4n) is 5.34. The molecule has 2 saturated carbocycles. The summed E-state index contributed by atoms with van der Waals surface area (Å²) in [5, 5.41) is 3.13. The van der Waals surface area contributed by atoms with Gasteiger partial charge in [-0.1, -0.05) is 6.42 Å². The summed E-state index contributed by atoms with van der Waals surface area (Å²) in [4.78, 5) is 26.8. The predicted octanol–water partition coefficient (Wildman–Crippen LogP) is 2.36. The van der Waals surface area contributed by atoms with Gasteiger partial charge < -0.3 is 19.7 Å². The van der Waals surface area contributed by atoms with E-state index in [1.807, 2.05) is 18.2 Å². The summed E-state index contributed by atoms with van der Waals surface area (Å²) in [6.07, 6.45) is 5.58. The molecule has 27 heavy (non-hydrogen) atoms. The summed E-state index contributed by atoms with van der Waals surface area (Å²) in [7, 11) is 0. The van der Waals surface area contributed by atoms with Crippen LogP contribution in [0.4, 0.5) is 5.69 Å². The van der Waals surface area contributed by atoms with E-state index in [-0.39, 0.29) is 24.2 Å². The van der Waals surface area contributed by atoms with E-state index >= 15 is 0 Å². The van der Waals surface area contributed by atoms with Crippen LogP contribution in [0.2, 0.25) is 0 Å². The molecule has 0 spiro atoms. The van der Waals surface area contributed by atoms with E-state index in [1.54, 1.807) is 4.90 Å². The van der Waals surface area contributed by atoms with Gasteiger partial charge in [0.05, 0.1) is 5.92 Å². The Bertz CT molecular complexity index is 765. The van der Waals surface area contributed by atoms with Crippen molar-refractivity contribution in [2.75, 3.05) is 31.2 Å². The average molecular weight is 370 g/mol. The highest BCUT2D eigenvalue weighted by Crippen LogP contribution is 2.48. The second-order valence-electron chi connectivity index (χ2n) is 8.41. The van der Waals surface area contributed by atoms with Gasteiger partial charge >= 0.3 is 0 Å². The van der Waals surface area contributed by atoms with Gasteiger partial charge in [0, 0.05) is 31.3 Å². The van der Waals surface area contributed by atoms with Crippen molar-refractivity contribution in [3.05, 3.63) is 18.2 Å². The lowest BCUT2D eigenvalue weighted by atomic mass is 9.89. The number of nitrogens with one attached hydrogen (secondary N) is 1. The first-order valence-corrected chi connectivity index (χ1v) is 10.1. The lowest BCUT2D eigenvalue weighted by molar-refractivity contribution is -0.126. The second-order valence-corrected chi connectivity index (χ2v) is 8.41. The zero-order valence-corrected chi connectivity index (χ0v) is 15.5. The van der Waals surface area contributed by atoms with Gasteiger partial charge in [0.15, 0.2) is 11.5 Å². The molecular formula is C21H26N2O4. The third kappa shape index (κ3) is 3.15. The van der Waals surface area contributed by atoms with Crippen molar-refractivity contribution in [1.82, 2.24) is 5.32 Å². The van der Waals surface area contributed by atoms with E-state index in [0.29, 0.717) is 37.2 Å². The molecular weight excluding hydrogens is 344 g/mol. The third-order valence-electron chi connectivity index (χ3n) is 6.76. The number of ether oxygens (including phenoxy) is 2. The van der Waals surface area contributed by atoms with Crippen LogP contribution < -0.4 is 19.7 Å². The quantitative estimate of drug-likeness (QED) is 0.884. The molecule has 2 bridgehead atoms. The molecule has 3 fully saturated rings. The fourth-order valence-corrected chi connectivity index (χ4v) is 5.34. The van der Waals surface area contributed by atoms with Crippen LogP contribution in [0.1, 0.15) is 32.1 Å². The van der Waals surface area contributed by atoms with Crippen LogP contribution in [0.3, 0.4) is 0 Å². The molecule has 1 N–H and O–H groups in total. The summed E-state index contributed by atoms with van der Waals surface area (Å²) in [6, 6.07) is 5.53. The number of amides is 2. The molecule has 6 nitrogen and oxygen atoms in total. The van der Waals surface area contributed by atoms with Gasteiger partial charge in [0.1, 0.15) is 13.2 Å². The van der Waals surface area contributed by atoms with Crippen molar-refractivity contribution in [2.24, 2.45) is 23.7 Å². The Morgan fingerprint density at radius 3 is 2.78 bits per heavy atom. The van der Waals surface area contributed by atoms with Crippen LogP contribution in [0.15, 0.2) is 18.2 Å². The summed E-state index contributed by atoms with van der Waals surface area (Å²) in [5.41, 5.74) is 0.771. The Kier molecular flexibility index (Phi) is 4.21. The molecule has 4 unspecified atom stereocenters. The number of anilines is 1. The molecule has 2 heterocycles. The number of carbonyl (C=O) groups is 2. The molecule has 4 aliphatic rings. The Labute approximate surface area is 159 Å². The first-order chi connectivity index (χ1) is 13.2. The average Bonchev–Trinajstić information content (AvgIpc) is 3.41. The molecule has 2 aliphatic heterocycles. The van der Waals surface area contributed by atoms with Crippen molar-refractivity contribution in [1.29, 1.82) is 0 Å². The molecule has 1 aromatic carbocycles. The normalized spacial score (nSPS) is 31.4. The number of rotatable bonds is 4. The van der Waals surface area contributed by atoms with Gasteiger partial charge in [-0.25, -0.2) is 0 Å². The number of carbonyl (C=O) groups excluding carboxylic acids is 2. The Morgan fingerprint density at radius 2 is 2.00 bits per heavy atom. The molecule has 2 aliphatic carbocycles. The fraction of sp³-hybridized carbons (Fsp3) is 0.619. The van der Waals surface area contributed by atoms with Crippen LogP contribution in [-0.2, 0) is 9.59 Å². The Balaban J connectivity index is 1.20. The van der Waals surface area contributed by atoms with Crippen LogP contribution in [0.25, 0.3) is 0 Å². The third-order valence-corrected chi connectivity index (χ3v) is 6.76. The highest BCUT2D eigenvalue weighted by atomic mass is 16.6. The minimum absolute atomic E-state index is 0.00764. The molecule has 144 valence electrons. The molecule has 4 atom stereocenters. The van der Waals surface area contributed by atoms with Crippen molar-refractivity contribution in [2.45, 2.75) is 32.1 Å². The van der Waals surface area contributed by atoms with Crippen LogP contribution in [0.5, 0.6) is 11.5 Å². The molecule has 1 aromatic rings. The molecule has 0 radical (unpaired) electrons. The van der Waals surface area contributed by atoms with Crippen LogP contribution in [0, 0.1) is 23.7 Å².